The second kappa shape index (κ2) is 9.78. The summed E-state index contributed by atoms with van der Waals surface area (Å²) in [7, 11) is 0. The molecule has 28 heavy (non-hydrogen) atoms. The van der Waals surface area contributed by atoms with Crippen molar-refractivity contribution in [3.05, 3.63) is 76.3 Å². The molecule has 2 aromatic rings. The van der Waals surface area contributed by atoms with Gasteiger partial charge in [-0.15, -0.1) is 5.10 Å². The highest BCUT2D eigenvalue weighted by Gasteiger charge is 2.31. The molecule has 1 heterocycles. The molecule has 1 amide bonds. The van der Waals surface area contributed by atoms with Gasteiger partial charge >= 0.3 is 0 Å². The largest absolute Gasteiger partial charge is 0.489 e. The first-order valence-electron chi connectivity index (χ1n) is 8.42. The molecule has 1 atom stereocenters. The fourth-order valence-electron chi connectivity index (χ4n) is 2.50. The maximum atomic E-state index is 12.2. The Bertz CT molecular complexity index is 947. The van der Waals surface area contributed by atoms with E-state index in [2.05, 4.69) is 22.1 Å². The van der Waals surface area contributed by atoms with E-state index in [1.165, 1.54) is 11.8 Å². The normalized spacial score (nSPS) is 17.9. The molecule has 0 radical (unpaired) electrons. The van der Waals surface area contributed by atoms with E-state index < -0.39 is 0 Å². The zero-order valence-electron chi connectivity index (χ0n) is 14.8. The van der Waals surface area contributed by atoms with Crippen LogP contribution in [0.1, 0.15) is 11.1 Å². The minimum absolute atomic E-state index is 0.135. The van der Waals surface area contributed by atoms with Crippen molar-refractivity contribution < 1.29 is 9.53 Å². The second-order valence-electron chi connectivity index (χ2n) is 5.82. The van der Waals surface area contributed by atoms with Gasteiger partial charge in [-0.2, -0.15) is 5.10 Å². The average molecular weight is 434 g/mol. The molecule has 1 fully saturated rings. The summed E-state index contributed by atoms with van der Waals surface area (Å²) in [5.74, 6) is 0.549. The Balaban J connectivity index is 1.66. The first-order chi connectivity index (χ1) is 13.6. The number of rotatable bonds is 7. The number of ether oxygens (including phenoxy) is 1. The van der Waals surface area contributed by atoms with E-state index in [4.69, 9.17) is 27.9 Å². The molecular formula is C20H17Cl2N3O2S. The minimum Gasteiger partial charge on any atom is -0.489 e. The van der Waals surface area contributed by atoms with Crippen molar-refractivity contribution in [2.24, 2.45) is 10.2 Å². The summed E-state index contributed by atoms with van der Waals surface area (Å²) in [6.45, 7) is 4.04. The predicted octanol–water partition coefficient (Wildman–Crippen LogP) is 4.72. The molecule has 0 aromatic heterocycles. The Hall–Kier alpha value is -2.28. The lowest BCUT2D eigenvalue weighted by atomic mass is 10.1. The first-order valence-corrected chi connectivity index (χ1v) is 10.1. The molecule has 2 aromatic carbocycles. The van der Waals surface area contributed by atoms with Gasteiger partial charge in [-0.25, -0.2) is 0 Å². The van der Waals surface area contributed by atoms with E-state index in [0.717, 1.165) is 11.1 Å². The maximum Gasteiger partial charge on any atom is 0.239 e. The fraction of sp³-hybridized carbons (Fsp3) is 0.150. The SMILES string of the molecule is C=CCOc1ccccc1/C=N/N=C1\NC(=O)C(Cc2cc(Cl)ccc2Cl)S1. The highest BCUT2D eigenvalue weighted by atomic mass is 35.5. The van der Waals surface area contributed by atoms with Gasteiger partial charge in [-0.05, 0) is 42.3 Å². The molecule has 1 saturated heterocycles. The Morgan fingerprint density at radius 3 is 2.89 bits per heavy atom. The summed E-state index contributed by atoms with van der Waals surface area (Å²) in [5, 5.41) is 12.2. The Morgan fingerprint density at radius 2 is 2.07 bits per heavy atom. The lowest BCUT2D eigenvalue weighted by Gasteiger charge is -2.07. The summed E-state index contributed by atoms with van der Waals surface area (Å²) in [4.78, 5) is 12.2. The molecule has 1 aliphatic rings. The lowest BCUT2D eigenvalue weighted by molar-refractivity contribution is -0.118. The van der Waals surface area contributed by atoms with Crippen molar-refractivity contribution >= 4 is 52.3 Å². The number of carbonyl (C=O) groups excluding carboxylic acids is 1. The number of nitrogens with one attached hydrogen (secondary N) is 1. The van der Waals surface area contributed by atoms with Crippen molar-refractivity contribution in [2.75, 3.05) is 6.61 Å². The fourth-order valence-corrected chi connectivity index (χ4v) is 3.84. The third-order valence-electron chi connectivity index (χ3n) is 3.81. The molecule has 3 rings (SSSR count). The number of amides is 1. The van der Waals surface area contributed by atoms with E-state index in [-0.39, 0.29) is 11.2 Å². The van der Waals surface area contributed by atoms with Gasteiger partial charge in [-0.3, -0.25) is 4.79 Å². The standard InChI is InChI=1S/C20H17Cl2N3O2S/c1-2-9-27-17-6-4-3-5-13(17)12-23-25-20-24-19(26)18(28-20)11-14-10-15(21)7-8-16(14)22/h2-8,10,12,18H,1,9,11H2,(H,24,25,26)/b23-12+. The number of amidine groups is 1. The molecule has 144 valence electrons. The van der Waals surface area contributed by atoms with E-state index in [1.54, 1.807) is 30.5 Å². The van der Waals surface area contributed by atoms with Crippen LogP contribution in [-0.2, 0) is 11.2 Å². The molecule has 1 aliphatic heterocycles. The van der Waals surface area contributed by atoms with Crippen molar-refractivity contribution in [3.63, 3.8) is 0 Å². The second-order valence-corrected chi connectivity index (χ2v) is 7.86. The van der Waals surface area contributed by atoms with Crippen LogP contribution >= 0.6 is 35.0 Å². The Labute approximate surface area is 177 Å². The smallest absolute Gasteiger partial charge is 0.239 e. The third kappa shape index (κ3) is 5.38. The molecule has 8 heteroatoms. The summed E-state index contributed by atoms with van der Waals surface area (Å²) >= 11 is 13.5. The van der Waals surface area contributed by atoms with Crippen molar-refractivity contribution in [2.45, 2.75) is 11.7 Å². The topological polar surface area (TPSA) is 63.1 Å². The van der Waals surface area contributed by atoms with Crippen LogP contribution in [0.2, 0.25) is 10.0 Å². The minimum atomic E-state index is -0.340. The van der Waals surface area contributed by atoms with Gasteiger partial charge in [0, 0.05) is 15.6 Å². The maximum absolute atomic E-state index is 12.2. The van der Waals surface area contributed by atoms with Crippen molar-refractivity contribution in [3.8, 4) is 5.75 Å². The highest BCUT2D eigenvalue weighted by molar-refractivity contribution is 8.15. The molecule has 1 N–H and O–H groups in total. The van der Waals surface area contributed by atoms with Crippen LogP contribution in [0, 0.1) is 0 Å². The molecule has 0 aliphatic carbocycles. The molecule has 0 spiro atoms. The monoisotopic (exact) mass is 433 g/mol. The zero-order chi connectivity index (χ0) is 19.9. The van der Waals surface area contributed by atoms with E-state index in [0.29, 0.717) is 34.0 Å². The lowest BCUT2D eigenvalue weighted by Crippen LogP contribution is -2.26. The predicted molar refractivity (Wildman–Crippen MR) is 117 cm³/mol. The van der Waals surface area contributed by atoms with Crippen LogP contribution in [0.3, 0.4) is 0 Å². The molecule has 1 unspecified atom stereocenters. The highest BCUT2D eigenvalue weighted by Crippen LogP contribution is 2.28. The van der Waals surface area contributed by atoms with Gasteiger partial charge in [0.2, 0.25) is 5.91 Å². The van der Waals surface area contributed by atoms with Crippen LogP contribution in [0.5, 0.6) is 5.75 Å². The number of thioether (sulfide) groups is 1. The number of halogens is 2. The number of benzene rings is 2. The summed E-state index contributed by atoms with van der Waals surface area (Å²) < 4.78 is 5.57. The Morgan fingerprint density at radius 1 is 1.25 bits per heavy atom. The van der Waals surface area contributed by atoms with E-state index in [1.807, 2.05) is 24.3 Å². The van der Waals surface area contributed by atoms with Crippen LogP contribution in [0.4, 0.5) is 0 Å². The molecule has 0 saturated carbocycles. The van der Waals surface area contributed by atoms with Crippen LogP contribution in [-0.4, -0.2) is 29.1 Å². The van der Waals surface area contributed by atoms with Crippen LogP contribution in [0.25, 0.3) is 0 Å². The number of hydrogen-bond donors (Lipinski definition) is 1. The molecule has 5 nitrogen and oxygen atoms in total. The van der Waals surface area contributed by atoms with Gasteiger partial charge < -0.3 is 10.1 Å². The van der Waals surface area contributed by atoms with Gasteiger partial charge in [0.05, 0.1) is 11.5 Å². The quantitative estimate of drug-likeness (QED) is 0.390. The number of carbonyl (C=O) groups is 1. The van der Waals surface area contributed by atoms with Gasteiger partial charge in [0.15, 0.2) is 5.17 Å². The summed E-state index contributed by atoms with van der Waals surface area (Å²) in [6.07, 6.45) is 3.71. The summed E-state index contributed by atoms with van der Waals surface area (Å²) in [5.41, 5.74) is 1.60. The van der Waals surface area contributed by atoms with Crippen molar-refractivity contribution in [1.29, 1.82) is 0 Å². The van der Waals surface area contributed by atoms with Crippen LogP contribution in [0.15, 0.2) is 65.3 Å². The zero-order valence-corrected chi connectivity index (χ0v) is 17.1. The number of nitrogens with zero attached hydrogens (tertiary/aromatic N) is 2. The van der Waals surface area contributed by atoms with Gasteiger partial charge in [0.25, 0.3) is 0 Å². The molecule has 0 bridgehead atoms. The first kappa shape index (κ1) is 20.5. The molecular weight excluding hydrogens is 417 g/mol. The van der Waals surface area contributed by atoms with Gasteiger partial charge in [0.1, 0.15) is 12.4 Å². The van der Waals surface area contributed by atoms with E-state index >= 15 is 0 Å². The van der Waals surface area contributed by atoms with E-state index in [9.17, 15) is 4.79 Å². The third-order valence-corrected chi connectivity index (χ3v) is 5.49. The Kier molecular flexibility index (Phi) is 7.14. The van der Waals surface area contributed by atoms with Crippen LogP contribution < -0.4 is 10.1 Å². The van der Waals surface area contributed by atoms with Gasteiger partial charge in [-0.1, -0.05) is 59.8 Å². The summed E-state index contributed by atoms with van der Waals surface area (Å²) in [6, 6.07) is 12.7. The number of hydrogen-bond acceptors (Lipinski definition) is 5. The average Bonchev–Trinajstić information content (AvgIpc) is 3.03. The van der Waals surface area contributed by atoms with Crippen molar-refractivity contribution in [1.82, 2.24) is 5.32 Å². The number of para-hydroxylation sites is 1.